The first-order valence-corrected chi connectivity index (χ1v) is 7.80. The number of nitrogens with zero attached hydrogens (tertiary/aromatic N) is 1. The van der Waals surface area contributed by atoms with E-state index < -0.39 is 6.36 Å². The van der Waals surface area contributed by atoms with E-state index in [2.05, 4.69) is 21.9 Å². The summed E-state index contributed by atoms with van der Waals surface area (Å²) >= 11 is 0. The number of unbranched alkanes of at least 4 members (excludes halogenated alkanes) is 1. The third-order valence-corrected chi connectivity index (χ3v) is 3.92. The summed E-state index contributed by atoms with van der Waals surface area (Å²) in [6, 6.07) is 6.59. The molecule has 23 heavy (non-hydrogen) atoms. The molecule has 1 fully saturated rings. The number of hydrogen-bond acceptors (Lipinski definition) is 3. The summed E-state index contributed by atoms with van der Waals surface area (Å²) < 4.78 is 40.6. The van der Waals surface area contributed by atoms with E-state index in [0.717, 1.165) is 51.0 Å². The van der Waals surface area contributed by atoms with Gasteiger partial charge in [0.1, 0.15) is 5.75 Å². The highest BCUT2D eigenvalue weighted by Gasteiger charge is 2.31. The fraction of sp³-hybridized carbons (Fsp3) is 0.625. The average Bonchev–Trinajstić information content (AvgIpc) is 2.49. The number of benzene rings is 1. The van der Waals surface area contributed by atoms with Gasteiger partial charge in [-0.25, -0.2) is 0 Å². The van der Waals surface area contributed by atoms with Gasteiger partial charge in [0.25, 0.3) is 0 Å². The average molecular weight is 353 g/mol. The van der Waals surface area contributed by atoms with Gasteiger partial charge in [-0.15, -0.1) is 25.6 Å². The maximum Gasteiger partial charge on any atom is 0.573 e. The molecule has 0 unspecified atom stereocenters. The molecule has 1 aliphatic heterocycles. The highest BCUT2D eigenvalue weighted by Crippen LogP contribution is 2.29. The molecule has 0 spiro atoms. The Balaban J connectivity index is 0.00000264. The Kier molecular flexibility index (Phi) is 8.16. The number of ether oxygens (including phenoxy) is 1. The van der Waals surface area contributed by atoms with Gasteiger partial charge in [-0.1, -0.05) is 31.9 Å². The highest BCUT2D eigenvalue weighted by molar-refractivity contribution is 5.85. The van der Waals surface area contributed by atoms with Crippen molar-refractivity contribution < 1.29 is 17.9 Å². The molecule has 0 bridgehead atoms. The quantitative estimate of drug-likeness (QED) is 0.832. The monoisotopic (exact) mass is 352 g/mol. The molecule has 1 aromatic carbocycles. The standard InChI is InChI=1S/C16H23F3N2O.ClH/c1-2-3-4-15(21-11-9-20-10-12-21)13-5-7-14(8-6-13)22-16(17,18)19;/h5-8,15,20H,2-4,9-12H2,1H3;1H/t15-;/m1./s1. The first kappa shape index (κ1) is 20.1. The summed E-state index contributed by atoms with van der Waals surface area (Å²) in [5.41, 5.74) is 1.06. The van der Waals surface area contributed by atoms with Crippen LogP contribution in [0.25, 0.3) is 0 Å². The van der Waals surface area contributed by atoms with E-state index in [4.69, 9.17) is 0 Å². The molecule has 0 aliphatic carbocycles. The van der Waals surface area contributed by atoms with E-state index >= 15 is 0 Å². The summed E-state index contributed by atoms with van der Waals surface area (Å²) in [4.78, 5) is 2.41. The van der Waals surface area contributed by atoms with Gasteiger partial charge in [-0.2, -0.15) is 0 Å². The number of rotatable bonds is 6. The minimum Gasteiger partial charge on any atom is -0.406 e. The minimum absolute atomic E-state index is 0. The molecule has 3 nitrogen and oxygen atoms in total. The van der Waals surface area contributed by atoms with Crippen molar-refractivity contribution in [2.75, 3.05) is 26.2 Å². The van der Waals surface area contributed by atoms with Crippen molar-refractivity contribution in [3.05, 3.63) is 29.8 Å². The molecular formula is C16H24ClF3N2O. The predicted octanol–water partition coefficient (Wildman–Crippen LogP) is 4.14. The zero-order valence-corrected chi connectivity index (χ0v) is 14.1. The van der Waals surface area contributed by atoms with Gasteiger partial charge < -0.3 is 10.1 Å². The molecule has 0 amide bonds. The molecule has 1 N–H and O–H groups in total. The summed E-state index contributed by atoms with van der Waals surface area (Å²) in [5.74, 6) is -0.161. The Morgan fingerprint density at radius 3 is 2.30 bits per heavy atom. The Hall–Kier alpha value is -0.980. The molecule has 132 valence electrons. The van der Waals surface area contributed by atoms with Gasteiger partial charge in [-0.3, -0.25) is 4.90 Å². The van der Waals surface area contributed by atoms with Gasteiger partial charge in [0.2, 0.25) is 0 Å². The van der Waals surface area contributed by atoms with Gasteiger partial charge >= 0.3 is 6.36 Å². The van der Waals surface area contributed by atoms with Crippen LogP contribution in [0.2, 0.25) is 0 Å². The molecule has 1 atom stereocenters. The molecule has 1 aliphatic rings. The van der Waals surface area contributed by atoms with Crippen LogP contribution < -0.4 is 10.1 Å². The van der Waals surface area contributed by atoms with Crippen LogP contribution in [0.3, 0.4) is 0 Å². The van der Waals surface area contributed by atoms with Gasteiger partial charge in [0, 0.05) is 32.2 Å². The maximum absolute atomic E-state index is 12.2. The van der Waals surface area contributed by atoms with E-state index in [1.54, 1.807) is 12.1 Å². The minimum atomic E-state index is -4.64. The Bertz CT molecular complexity index is 448. The van der Waals surface area contributed by atoms with Crippen molar-refractivity contribution in [2.45, 2.75) is 38.6 Å². The van der Waals surface area contributed by atoms with Crippen LogP contribution in [-0.2, 0) is 0 Å². The van der Waals surface area contributed by atoms with E-state index in [0.29, 0.717) is 0 Å². The van der Waals surface area contributed by atoms with Crippen LogP contribution in [0, 0.1) is 0 Å². The predicted molar refractivity (Wildman–Crippen MR) is 87.1 cm³/mol. The lowest BCUT2D eigenvalue weighted by molar-refractivity contribution is -0.274. The highest BCUT2D eigenvalue weighted by atomic mass is 35.5. The maximum atomic E-state index is 12.2. The van der Waals surface area contributed by atoms with E-state index in [1.807, 2.05) is 0 Å². The van der Waals surface area contributed by atoms with Gasteiger partial charge in [0.05, 0.1) is 0 Å². The van der Waals surface area contributed by atoms with E-state index in [1.165, 1.54) is 12.1 Å². The second-order valence-electron chi connectivity index (χ2n) is 5.56. The Morgan fingerprint density at radius 1 is 1.17 bits per heavy atom. The Morgan fingerprint density at radius 2 is 1.78 bits per heavy atom. The third-order valence-electron chi connectivity index (χ3n) is 3.92. The topological polar surface area (TPSA) is 24.5 Å². The van der Waals surface area contributed by atoms with Crippen LogP contribution in [0.15, 0.2) is 24.3 Å². The molecular weight excluding hydrogens is 329 g/mol. The van der Waals surface area contributed by atoms with Crippen LogP contribution in [0.4, 0.5) is 13.2 Å². The largest absolute Gasteiger partial charge is 0.573 e. The molecule has 1 heterocycles. The SMILES string of the molecule is CCCC[C@H](c1ccc(OC(F)(F)F)cc1)N1CCNCC1.Cl. The van der Waals surface area contributed by atoms with Gasteiger partial charge in [0.15, 0.2) is 0 Å². The zero-order chi connectivity index (χ0) is 16.0. The van der Waals surface area contributed by atoms with Crippen molar-refractivity contribution in [3.63, 3.8) is 0 Å². The second kappa shape index (κ2) is 9.35. The Labute approximate surface area is 141 Å². The van der Waals surface area contributed by atoms with Crippen LogP contribution in [-0.4, -0.2) is 37.4 Å². The molecule has 0 radical (unpaired) electrons. The number of halogens is 4. The summed E-state index contributed by atoms with van der Waals surface area (Å²) in [7, 11) is 0. The second-order valence-corrected chi connectivity index (χ2v) is 5.56. The van der Waals surface area contributed by atoms with Crippen LogP contribution in [0.1, 0.15) is 37.8 Å². The van der Waals surface area contributed by atoms with Crippen LogP contribution in [0.5, 0.6) is 5.75 Å². The molecule has 1 saturated heterocycles. The lowest BCUT2D eigenvalue weighted by Gasteiger charge is -2.35. The first-order chi connectivity index (χ1) is 10.5. The van der Waals surface area contributed by atoms with E-state index in [-0.39, 0.29) is 24.2 Å². The fourth-order valence-electron chi connectivity index (χ4n) is 2.84. The number of nitrogens with one attached hydrogen (secondary N) is 1. The molecule has 1 aromatic rings. The molecule has 7 heteroatoms. The summed E-state index contributed by atoms with van der Waals surface area (Å²) in [5, 5.41) is 3.33. The van der Waals surface area contributed by atoms with E-state index in [9.17, 15) is 13.2 Å². The first-order valence-electron chi connectivity index (χ1n) is 7.80. The van der Waals surface area contributed by atoms with Crippen molar-refractivity contribution in [2.24, 2.45) is 0 Å². The van der Waals surface area contributed by atoms with Crippen molar-refractivity contribution in [1.29, 1.82) is 0 Å². The van der Waals surface area contributed by atoms with Crippen molar-refractivity contribution >= 4 is 12.4 Å². The zero-order valence-electron chi connectivity index (χ0n) is 13.2. The fourth-order valence-corrected chi connectivity index (χ4v) is 2.84. The molecule has 0 aromatic heterocycles. The smallest absolute Gasteiger partial charge is 0.406 e. The van der Waals surface area contributed by atoms with Crippen molar-refractivity contribution in [1.82, 2.24) is 10.2 Å². The number of piperazine rings is 1. The molecule has 0 saturated carbocycles. The van der Waals surface area contributed by atoms with Gasteiger partial charge in [-0.05, 0) is 24.1 Å². The lowest BCUT2D eigenvalue weighted by Crippen LogP contribution is -2.45. The van der Waals surface area contributed by atoms with Crippen LogP contribution >= 0.6 is 12.4 Å². The molecule has 2 rings (SSSR count). The summed E-state index contributed by atoms with van der Waals surface area (Å²) in [6.45, 7) is 6.00. The van der Waals surface area contributed by atoms with Crippen molar-refractivity contribution in [3.8, 4) is 5.75 Å². The summed E-state index contributed by atoms with van der Waals surface area (Å²) in [6.07, 6.45) is -1.40. The number of hydrogen-bond donors (Lipinski definition) is 1. The third kappa shape index (κ3) is 6.57. The number of alkyl halides is 3. The normalized spacial score (nSPS) is 17.4. The lowest BCUT2D eigenvalue weighted by atomic mass is 9.98.